The monoisotopic (exact) mass is 346 g/mol. The van der Waals surface area contributed by atoms with Crippen molar-refractivity contribution in [2.45, 2.75) is 34.6 Å². The molecule has 0 aliphatic rings. The minimum absolute atomic E-state index is 0.347. The summed E-state index contributed by atoms with van der Waals surface area (Å²) in [5, 5.41) is 1.59. The molecule has 0 saturated carbocycles. The van der Waals surface area contributed by atoms with E-state index in [1.165, 1.54) is 7.11 Å². The molecule has 0 atom stereocenters. The van der Waals surface area contributed by atoms with Crippen molar-refractivity contribution < 1.29 is 23.7 Å². The molecule has 0 N–H and O–H groups in total. The first-order valence-electron chi connectivity index (χ1n) is 8.28. The van der Waals surface area contributed by atoms with E-state index < -0.39 is 5.41 Å². The summed E-state index contributed by atoms with van der Waals surface area (Å²) in [7, 11) is 3.06. The van der Waals surface area contributed by atoms with Gasteiger partial charge < -0.3 is 18.9 Å². The van der Waals surface area contributed by atoms with E-state index in [1.807, 2.05) is 32.0 Å². The first-order chi connectivity index (χ1) is 11.8. The van der Waals surface area contributed by atoms with Gasteiger partial charge in [0.25, 0.3) is 0 Å². The topological polar surface area (TPSA) is 54.0 Å². The third-order valence-corrected chi connectivity index (χ3v) is 3.87. The molecule has 0 radical (unpaired) electrons. The van der Waals surface area contributed by atoms with Crippen molar-refractivity contribution in [3.63, 3.8) is 0 Å². The van der Waals surface area contributed by atoms with E-state index in [2.05, 4.69) is 0 Å². The van der Waals surface area contributed by atoms with Crippen LogP contribution in [0.1, 0.15) is 33.3 Å². The number of carbonyl (C=O) groups is 1. The molecule has 0 amide bonds. The van der Waals surface area contributed by atoms with Gasteiger partial charge in [0.1, 0.15) is 0 Å². The van der Waals surface area contributed by atoms with Gasteiger partial charge in [-0.3, -0.25) is 4.79 Å². The van der Waals surface area contributed by atoms with Crippen molar-refractivity contribution in [2.24, 2.45) is 5.41 Å². The summed E-state index contributed by atoms with van der Waals surface area (Å²) in [6.45, 7) is 9.78. The Balaban J connectivity index is 2.86. The molecule has 0 aromatic heterocycles. The van der Waals surface area contributed by atoms with Gasteiger partial charge in [0, 0.05) is 10.8 Å². The van der Waals surface area contributed by atoms with E-state index in [4.69, 9.17) is 18.9 Å². The smallest absolute Gasteiger partial charge is 0.316 e. The number of rotatable bonds is 5. The molecular weight excluding hydrogens is 320 g/mol. The molecule has 0 bridgehead atoms. The molecule has 25 heavy (non-hydrogen) atoms. The second kappa shape index (κ2) is 7.21. The minimum Gasteiger partial charge on any atom is -0.490 e. The van der Waals surface area contributed by atoms with Gasteiger partial charge in [-0.2, -0.15) is 0 Å². The van der Waals surface area contributed by atoms with Crippen LogP contribution in [0.3, 0.4) is 0 Å². The summed E-state index contributed by atoms with van der Waals surface area (Å²) in [5.41, 5.74) is 0.349. The van der Waals surface area contributed by atoms with E-state index in [-0.39, 0.29) is 5.97 Å². The summed E-state index contributed by atoms with van der Waals surface area (Å²) >= 11 is 0. The molecule has 2 rings (SSSR count). The lowest BCUT2D eigenvalue weighted by atomic mass is 9.97. The molecule has 5 heteroatoms. The van der Waals surface area contributed by atoms with Crippen molar-refractivity contribution >= 4 is 16.7 Å². The maximum absolute atomic E-state index is 12.5. The fraction of sp³-hybridized carbons (Fsp3) is 0.450. The van der Waals surface area contributed by atoms with Crippen LogP contribution in [-0.2, 0) is 4.79 Å². The number of carbonyl (C=O) groups excluding carboxylic acids is 1. The van der Waals surface area contributed by atoms with Crippen LogP contribution in [0.15, 0.2) is 18.2 Å². The van der Waals surface area contributed by atoms with E-state index in [0.29, 0.717) is 29.6 Å². The zero-order valence-electron chi connectivity index (χ0n) is 16.0. The maximum atomic E-state index is 12.5. The van der Waals surface area contributed by atoms with Crippen LogP contribution in [-0.4, -0.2) is 26.8 Å². The molecule has 0 aliphatic heterocycles. The highest BCUT2D eigenvalue weighted by Gasteiger charge is 2.30. The zero-order chi connectivity index (χ0) is 18.8. The predicted molar refractivity (Wildman–Crippen MR) is 98.0 cm³/mol. The van der Waals surface area contributed by atoms with E-state index in [1.54, 1.807) is 27.9 Å². The predicted octanol–water partition coefficient (Wildman–Crippen LogP) is 4.52. The number of fused-ring (bicyclic) bond motifs is 1. The quantitative estimate of drug-likeness (QED) is 0.589. The number of ether oxygens (including phenoxy) is 4. The molecule has 0 heterocycles. The molecule has 5 nitrogen and oxygen atoms in total. The average molecular weight is 346 g/mol. The van der Waals surface area contributed by atoms with Gasteiger partial charge in [0.05, 0.1) is 26.2 Å². The fourth-order valence-electron chi connectivity index (χ4n) is 2.60. The van der Waals surface area contributed by atoms with Gasteiger partial charge in [-0.05, 0) is 40.2 Å². The molecule has 2 aromatic rings. The van der Waals surface area contributed by atoms with Crippen LogP contribution in [0.4, 0.5) is 0 Å². The standard InChI is InChI=1S/C20H26O5/c1-8-24-16-14-12(2)10-9-11-13(14)15(17(22-6)18(16)23-7)25-19(21)20(3,4)5/h9-11H,8H2,1-7H3. The van der Waals surface area contributed by atoms with Crippen molar-refractivity contribution in [1.82, 2.24) is 0 Å². The third-order valence-electron chi connectivity index (χ3n) is 3.87. The Morgan fingerprint density at radius 1 is 1.00 bits per heavy atom. The average Bonchev–Trinajstić information content (AvgIpc) is 2.55. The summed E-state index contributed by atoms with van der Waals surface area (Å²) in [5.74, 6) is 1.36. The van der Waals surface area contributed by atoms with Crippen LogP contribution in [0.2, 0.25) is 0 Å². The van der Waals surface area contributed by atoms with Crippen molar-refractivity contribution in [2.75, 3.05) is 20.8 Å². The Bertz CT molecular complexity index is 787. The Morgan fingerprint density at radius 2 is 1.60 bits per heavy atom. The van der Waals surface area contributed by atoms with Crippen LogP contribution >= 0.6 is 0 Å². The number of hydrogen-bond acceptors (Lipinski definition) is 5. The second-order valence-corrected chi connectivity index (χ2v) is 6.79. The SMILES string of the molecule is CCOc1c(OC)c(OC)c(OC(=O)C(C)(C)C)c2cccc(C)c12. The molecule has 0 spiro atoms. The minimum atomic E-state index is -0.646. The Morgan fingerprint density at radius 3 is 2.12 bits per heavy atom. The molecule has 0 aliphatic carbocycles. The highest BCUT2D eigenvalue weighted by atomic mass is 16.6. The van der Waals surface area contributed by atoms with E-state index >= 15 is 0 Å². The third kappa shape index (κ3) is 3.50. The summed E-state index contributed by atoms with van der Waals surface area (Å²) in [6, 6.07) is 5.78. The molecule has 0 saturated heterocycles. The van der Waals surface area contributed by atoms with Crippen LogP contribution < -0.4 is 18.9 Å². The molecule has 136 valence electrons. The lowest BCUT2D eigenvalue weighted by Gasteiger charge is -2.23. The largest absolute Gasteiger partial charge is 0.490 e. The maximum Gasteiger partial charge on any atom is 0.316 e. The van der Waals surface area contributed by atoms with Gasteiger partial charge in [-0.25, -0.2) is 0 Å². The summed E-state index contributed by atoms with van der Waals surface area (Å²) in [4.78, 5) is 12.5. The number of esters is 1. The normalized spacial score (nSPS) is 11.3. The van der Waals surface area contributed by atoms with Gasteiger partial charge in [-0.1, -0.05) is 18.2 Å². The molecule has 0 fully saturated rings. The van der Waals surface area contributed by atoms with Gasteiger partial charge >= 0.3 is 5.97 Å². The highest BCUT2D eigenvalue weighted by molar-refractivity contribution is 6.02. The Hall–Kier alpha value is -2.43. The van der Waals surface area contributed by atoms with Crippen molar-refractivity contribution in [1.29, 1.82) is 0 Å². The second-order valence-electron chi connectivity index (χ2n) is 6.79. The number of aryl methyl sites for hydroxylation is 1. The lowest BCUT2D eigenvalue weighted by molar-refractivity contribution is -0.143. The molecule has 0 unspecified atom stereocenters. The van der Waals surface area contributed by atoms with Gasteiger partial charge in [-0.15, -0.1) is 0 Å². The molecular formula is C20H26O5. The zero-order valence-corrected chi connectivity index (χ0v) is 16.0. The van der Waals surface area contributed by atoms with E-state index in [9.17, 15) is 4.79 Å². The van der Waals surface area contributed by atoms with Crippen LogP contribution in [0.5, 0.6) is 23.0 Å². The van der Waals surface area contributed by atoms with Crippen LogP contribution in [0, 0.1) is 12.3 Å². The summed E-state index contributed by atoms with van der Waals surface area (Å²) < 4.78 is 22.7. The highest BCUT2D eigenvalue weighted by Crippen LogP contribution is 2.52. The fourth-order valence-corrected chi connectivity index (χ4v) is 2.60. The summed E-state index contributed by atoms with van der Waals surface area (Å²) in [6.07, 6.45) is 0. The van der Waals surface area contributed by atoms with Crippen molar-refractivity contribution in [3.8, 4) is 23.0 Å². The molecule has 2 aromatic carbocycles. The lowest BCUT2D eigenvalue weighted by Crippen LogP contribution is -2.26. The Kier molecular flexibility index (Phi) is 5.45. The number of methoxy groups -OCH3 is 2. The van der Waals surface area contributed by atoms with Gasteiger partial charge in [0.15, 0.2) is 11.5 Å². The van der Waals surface area contributed by atoms with Crippen molar-refractivity contribution in [3.05, 3.63) is 23.8 Å². The van der Waals surface area contributed by atoms with Gasteiger partial charge in [0.2, 0.25) is 11.5 Å². The Labute approximate surface area is 148 Å². The number of hydrogen-bond donors (Lipinski definition) is 0. The first kappa shape index (κ1) is 18.9. The van der Waals surface area contributed by atoms with Crippen LogP contribution in [0.25, 0.3) is 10.8 Å². The first-order valence-corrected chi connectivity index (χ1v) is 8.28. The number of benzene rings is 2. The van der Waals surface area contributed by atoms with E-state index in [0.717, 1.165) is 16.3 Å².